The van der Waals surface area contributed by atoms with Gasteiger partial charge < -0.3 is 5.11 Å². The molecule has 0 spiro atoms. The van der Waals surface area contributed by atoms with Gasteiger partial charge in [-0.05, 0) is 32.6 Å². The lowest BCUT2D eigenvalue weighted by Crippen LogP contribution is -2.08. The summed E-state index contributed by atoms with van der Waals surface area (Å²) in [4.78, 5) is 0. The Balaban J connectivity index is 3.68. The van der Waals surface area contributed by atoms with E-state index in [0.29, 0.717) is 12.3 Å². The van der Waals surface area contributed by atoms with Crippen molar-refractivity contribution in [2.24, 2.45) is 5.92 Å². The molecule has 68 valence electrons. The van der Waals surface area contributed by atoms with E-state index in [1.54, 1.807) is 0 Å². The quantitative estimate of drug-likeness (QED) is 0.502. The zero-order valence-corrected chi connectivity index (χ0v) is 8.17. The highest BCUT2D eigenvalue weighted by molar-refractivity contribution is 4.97. The van der Waals surface area contributed by atoms with E-state index in [0.717, 1.165) is 6.42 Å². The van der Waals surface area contributed by atoms with Gasteiger partial charge in [0.15, 0.2) is 0 Å². The fraction of sp³-hybridized carbons (Fsp3) is 0.636. The SMILES string of the molecule is C#CC(O)CC(C)CC=C(C)C. The normalized spacial score (nSPS) is 14.6. The van der Waals surface area contributed by atoms with Crippen molar-refractivity contribution < 1.29 is 5.11 Å². The molecular formula is C11H18O. The first-order valence-corrected chi connectivity index (χ1v) is 4.33. The molecule has 12 heavy (non-hydrogen) atoms. The molecule has 0 rings (SSSR count). The average molecular weight is 166 g/mol. The number of aliphatic hydroxyl groups is 1. The highest BCUT2D eigenvalue weighted by Crippen LogP contribution is 2.11. The Morgan fingerprint density at radius 3 is 2.58 bits per heavy atom. The molecule has 0 heterocycles. The zero-order valence-electron chi connectivity index (χ0n) is 8.17. The van der Waals surface area contributed by atoms with Crippen LogP contribution in [0.15, 0.2) is 11.6 Å². The Hall–Kier alpha value is -0.740. The van der Waals surface area contributed by atoms with Gasteiger partial charge in [-0.25, -0.2) is 0 Å². The summed E-state index contributed by atoms with van der Waals surface area (Å²) < 4.78 is 0. The van der Waals surface area contributed by atoms with Crippen molar-refractivity contribution in [3.63, 3.8) is 0 Å². The Kier molecular flexibility index (Phi) is 5.49. The van der Waals surface area contributed by atoms with Crippen LogP contribution in [0.4, 0.5) is 0 Å². The second kappa shape index (κ2) is 5.85. The van der Waals surface area contributed by atoms with Crippen LogP contribution in [0.5, 0.6) is 0 Å². The fourth-order valence-corrected chi connectivity index (χ4v) is 0.982. The molecule has 0 aliphatic heterocycles. The van der Waals surface area contributed by atoms with E-state index in [1.807, 2.05) is 0 Å². The number of allylic oxidation sites excluding steroid dienone is 2. The van der Waals surface area contributed by atoms with E-state index in [1.165, 1.54) is 5.57 Å². The Bertz CT molecular complexity index is 182. The van der Waals surface area contributed by atoms with E-state index < -0.39 is 6.10 Å². The number of aliphatic hydroxyl groups excluding tert-OH is 1. The van der Waals surface area contributed by atoms with Crippen LogP contribution in [-0.2, 0) is 0 Å². The number of terminal acetylenes is 1. The van der Waals surface area contributed by atoms with Gasteiger partial charge in [-0.2, -0.15) is 0 Å². The highest BCUT2D eigenvalue weighted by Gasteiger charge is 2.05. The molecule has 1 nitrogen and oxygen atoms in total. The van der Waals surface area contributed by atoms with Gasteiger partial charge in [-0.1, -0.05) is 24.5 Å². The summed E-state index contributed by atoms with van der Waals surface area (Å²) in [5.41, 5.74) is 1.32. The molecule has 0 aromatic rings. The standard InChI is InChI=1S/C11H18O/c1-5-11(12)8-10(4)7-6-9(2)3/h1,6,10-12H,7-8H2,2-4H3. The minimum atomic E-state index is -0.578. The van der Waals surface area contributed by atoms with E-state index >= 15 is 0 Å². The summed E-state index contributed by atoms with van der Waals surface area (Å²) in [5.74, 6) is 2.78. The fourth-order valence-electron chi connectivity index (χ4n) is 0.982. The topological polar surface area (TPSA) is 20.2 Å². The lowest BCUT2D eigenvalue weighted by atomic mass is 9.99. The predicted octanol–water partition coefficient (Wildman–Crippen LogP) is 2.36. The second-order valence-corrected chi connectivity index (χ2v) is 3.54. The molecule has 0 fully saturated rings. The molecule has 2 atom stereocenters. The van der Waals surface area contributed by atoms with Crippen molar-refractivity contribution in [1.82, 2.24) is 0 Å². The second-order valence-electron chi connectivity index (χ2n) is 3.54. The summed E-state index contributed by atoms with van der Waals surface area (Å²) in [5, 5.41) is 9.14. The average Bonchev–Trinajstić information content (AvgIpc) is 2.00. The molecule has 0 aliphatic rings. The van der Waals surface area contributed by atoms with Gasteiger partial charge in [0.2, 0.25) is 0 Å². The van der Waals surface area contributed by atoms with Crippen molar-refractivity contribution in [3.8, 4) is 12.3 Å². The van der Waals surface area contributed by atoms with E-state index in [-0.39, 0.29) is 0 Å². The largest absolute Gasteiger partial charge is 0.380 e. The van der Waals surface area contributed by atoms with Crippen molar-refractivity contribution in [1.29, 1.82) is 0 Å². The number of rotatable bonds is 4. The summed E-state index contributed by atoms with van der Waals surface area (Å²) in [6, 6.07) is 0. The summed E-state index contributed by atoms with van der Waals surface area (Å²) in [6.45, 7) is 6.24. The van der Waals surface area contributed by atoms with Gasteiger partial charge in [0.05, 0.1) is 0 Å². The monoisotopic (exact) mass is 166 g/mol. The molecule has 0 bridgehead atoms. The Morgan fingerprint density at radius 1 is 1.58 bits per heavy atom. The van der Waals surface area contributed by atoms with Crippen LogP contribution in [0.25, 0.3) is 0 Å². The highest BCUT2D eigenvalue weighted by atomic mass is 16.3. The minimum Gasteiger partial charge on any atom is -0.380 e. The first-order valence-electron chi connectivity index (χ1n) is 4.33. The van der Waals surface area contributed by atoms with Crippen molar-refractivity contribution in [2.75, 3.05) is 0 Å². The molecule has 0 saturated heterocycles. The maximum absolute atomic E-state index is 9.14. The molecule has 0 aromatic heterocycles. The molecule has 0 saturated carbocycles. The molecule has 2 unspecified atom stereocenters. The van der Waals surface area contributed by atoms with Gasteiger partial charge in [-0.3, -0.25) is 0 Å². The van der Waals surface area contributed by atoms with Gasteiger partial charge in [0.1, 0.15) is 6.10 Å². The van der Waals surface area contributed by atoms with Crippen LogP contribution in [0, 0.1) is 18.3 Å². The van der Waals surface area contributed by atoms with Crippen molar-refractivity contribution in [2.45, 2.75) is 39.7 Å². The smallest absolute Gasteiger partial charge is 0.114 e. The third-order valence-electron chi connectivity index (χ3n) is 1.75. The minimum absolute atomic E-state index is 0.464. The Morgan fingerprint density at radius 2 is 2.17 bits per heavy atom. The van der Waals surface area contributed by atoms with Gasteiger partial charge in [0, 0.05) is 0 Å². The molecular weight excluding hydrogens is 148 g/mol. The molecule has 0 aromatic carbocycles. The maximum atomic E-state index is 9.14. The van der Waals surface area contributed by atoms with Gasteiger partial charge in [-0.15, -0.1) is 6.42 Å². The molecule has 1 N–H and O–H groups in total. The van der Waals surface area contributed by atoms with Crippen LogP contribution in [0.2, 0.25) is 0 Å². The first-order chi connectivity index (χ1) is 5.56. The summed E-state index contributed by atoms with van der Waals surface area (Å²) >= 11 is 0. The molecule has 1 heteroatoms. The molecule has 0 radical (unpaired) electrons. The van der Waals surface area contributed by atoms with E-state index in [4.69, 9.17) is 11.5 Å². The van der Waals surface area contributed by atoms with Crippen LogP contribution in [-0.4, -0.2) is 11.2 Å². The van der Waals surface area contributed by atoms with Crippen LogP contribution in [0.3, 0.4) is 0 Å². The number of hydrogen-bond acceptors (Lipinski definition) is 1. The van der Waals surface area contributed by atoms with Gasteiger partial charge in [0.25, 0.3) is 0 Å². The summed E-state index contributed by atoms with van der Waals surface area (Å²) in [6.07, 6.45) is 8.35. The first kappa shape index (κ1) is 11.3. The van der Waals surface area contributed by atoms with E-state index in [2.05, 4.69) is 32.8 Å². The lowest BCUT2D eigenvalue weighted by molar-refractivity contribution is 0.200. The molecule has 0 aliphatic carbocycles. The predicted molar refractivity (Wildman–Crippen MR) is 52.7 cm³/mol. The third-order valence-corrected chi connectivity index (χ3v) is 1.75. The zero-order chi connectivity index (χ0) is 9.56. The summed E-state index contributed by atoms with van der Waals surface area (Å²) in [7, 11) is 0. The lowest BCUT2D eigenvalue weighted by Gasteiger charge is -2.10. The van der Waals surface area contributed by atoms with Crippen LogP contribution < -0.4 is 0 Å². The van der Waals surface area contributed by atoms with Crippen molar-refractivity contribution >= 4 is 0 Å². The van der Waals surface area contributed by atoms with E-state index in [9.17, 15) is 0 Å². The maximum Gasteiger partial charge on any atom is 0.114 e. The van der Waals surface area contributed by atoms with Crippen LogP contribution in [0.1, 0.15) is 33.6 Å². The number of hydrogen-bond donors (Lipinski definition) is 1. The van der Waals surface area contributed by atoms with Crippen LogP contribution >= 0.6 is 0 Å². The Labute approximate surface area is 75.5 Å². The van der Waals surface area contributed by atoms with Crippen molar-refractivity contribution in [3.05, 3.63) is 11.6 Å². The van der Waals surface area contributed by atoms with Gasteiger partial charge >= 0.3 is 0 Å². The third kappa shape index (κ3) is 6.00. The molecule has 0 amide bonds.